The molecule has 0 aliphatic carbocycles. The molecule has 0 heterocycles. The van der Waals surface area contributed by atoms with Crippen LogP contribution in [0.5, 0.6) is 0 Å². The molecular formula is C16H30O3. The van der Waals surface area contributed by atoms with Gasteiger partial charge in [-0.25, -0.2) is 0 Å². The molecule has 0 aromatic heterocycles. The van der Waals surface area contributed by atoms with Crippen LogP contribution >= 0.6 is 0 Å². The molecule has 0 aliphatic heterocycles. The number of ether oxygens (including phenoxy) is 3. The maximum absolute atomic E-state index is 5.82. The van der Waals surface area contributed by atoms with E-state index in [2.05, 4.69) is 27.0 Å². The maximum atomic E-state index is 5.82. The highest BCUT2D eigenvalue weighted by Crippen LogP contribution is 2.04. The van der Waals surface area contributed by atoms with Crippen LogP contribution < -0.4 is 0 Å². The Hall–Kier alpha value is -0.640. The van der Waals surface area contributed by atoms with Crippen LogP contribution in [0.15, 0.2) is 25.3 Å². The Bertz CT molecular complexity index is 194. The van der Waals surface area contributed by atoms with Crippen LogP contribution in [0.3, 0.4) is 0 Å². The molecule has 0 fully saturated rings. The summed E-state index contributed by atoms with van der Waals surface area (Å²) in [5.41, 5.74) is 0. The van der Waals surface area contributed by atoms with Gasteiger partial charge in [-0.2, -0.15) is 0 Å². The molecule has 0 aliphatic rings. The fraction of sp³-hybridized carbons (Fsp3) is 0.750. The topological polar surface area (TPSA) is 27.7 Å². The molecular weight excluding hydrogens is 240 g/mol. The average Bonchev–Trinajstić information content (AvgIpc) is 2.44. The highest BCUT2D eigenvalue weighted by molar-refractivity contribution is 4.86. The van der Waals surface area contributed by atoms with Crippen molar-refractivity contribution in [3.8, 4) is 0 Å². The van der Waals surface area contributed by atoms with Gasteiger partial charge < -0.3 is 14.2 Å². The van der Waals surface area contributed by atoms with Gasteiger partial charge in [0.15, 0.2) is 0 Å². The van der Waals surface area contributed by atoms with Crippen LogP contribution in [-0.2, 0) is 14.2 Å². The summed E-state index contributed by atoms with van der Waals surface area (Å²) in [7, 11) is 0. The monoisotopic (exact) mass is 270 g/mol. The van der Waals surface area contributed by atoms with Gasteiger partial charge in [0, 0.05) is 13.2 Å². The van der Waals surface area contributed by atoms with E-state index >= 15 is 0 Å². The van der Waals surface area contributed by atoms with E-state index in [4.69, 9.17) is 14.2 Å². The van der Waals surface area contributed by atoms with E-state index in [1.165, 1.54) is 0 Å². The first-order valence-electron chi connectivity index (χ1n) is 7.34. The molecule has 0 radical (unpaired) electrons. The molecule has 0 rings (SSSR count). The Labute approximate surface area is 118 Å². The predicted octanol–water partition coefficient (Wildman–Crippen LogP) is 3.75. The second kappa shape index (κ2) is 13.8. The molecule has 0 amide bonds. The zero-order valence-electron chi connectivity index (χ0n) is 12.6. The lowest BCUT2D eigenvalue weighted by Gasteiger charge is -2.20. The summed E-state index contributed by atoms with van der Waals surface area (Å²) in [6.45, 7) is 14.5. The summed E-state index contributed by atoms with van der Waals surface area (Å²) >= 11 is 0. The minimum atomic E-state index is -0.102. The van der Waals surface area contributed by atoms with Crippen molar-refractivity contribution in [1.82, 2.24) is 0 Å². The van der Waals surface area contributed by atoms with Gasteiger partial charge in [0.05, 0.1) is 25.4 Å². The molecule has 2 atom stereocenters. The molecule has 3 heteroatoms. The standard InChI is InChI=1S/C16H30O3/c1-5-9-11-17-13-15(7-3)19-16(8-4)14-18-12-10-6-2/h7-8,15-16H,3-6,9-14H2,1-2H3. The number of hydrogen-bond donors (Lipinski definition) is 0. The van der Waals surface area contributed by atoms with Gasteiger partial charge in [-0.05, 0) is 12.8 Å². The molecule has 0 aromatic rings. The summed E-state index contributed by atoms with van der Waals surface area (Å²) in [5.74, 6) is 0. The summed E-state index contributed by atoms with van der Waals surface area (Å²) in [4.78, 5) is 0. The first-order chi connectivity index (χ1) is 9.28. The molecule has 0 bridgehead atoms. The van der Waals surface area contributed by atoms with Crippen molar-refractivity contribution in [1.29, 1.82) is 0 Å². The van der Waals surface area contributed by atoms with Crippen molar-refractivity contribution >= 4 is 0 Å². The molecule has 0 spiro atoms. The van der Waals surface area contributed by atoms with E-state index in [9.17, 15) is 0 Å². The Morgan fingerprint density at radius 3 is 1.58 bits per heavy atom. The van der Waals surface area contributed by atoms with Crippen LogP contribution in [0, 0.1) is 0 Å². The maximum Gasteiger partial charge on any atom is 0.0995 e. The van der Waals surface area contributed by atoms with Crippen LogP contribution in [0.4, 0.5) is 0 Å². The zero-order valence-corrected chi connectivity index (χ0v) is 12.6. The molecule has 2 unspecified atom stereocenters. The third-order valence-corrected chi connectivity index (χ3v) is 2.72. The lowest BCUT2D eigenvalue weighted by molar-refractivity contribution is -0.0482. The van der Waals surface area contributed by atoms with Gasteiger partial charge in [0.25, 0.3) is 0 Å². The van der Waals surface area contributed by atoms with E-state index in [0.29, 0.717) is 13.2 Å². The molecule has 112 valence electrons. The zero-order chi connectivity index (χ0) is 14.3. The predicted molar refractivity (Wildman–Crippen MR) is 80.5 cm³/mol. The summed E-state index contributed by atoms with van der Waals surface area (Å²) in [6, 6.07) is 0. The van der Waals surface area contributed by atoms with Gasteiger partial charge >= 0.3 is 0 Å². The van der Waals surface area contributed by atoms with Gasteiger partial charge in [-0.3, -0.25) is 0 Å². The van der Waals surface area contributed by atoms with E-state index < -0.39 is 0 Å². The quantitative estimate of drug-likeness (QED) is 0.355. The van der Waals surface area contributed by atoms with Gasteiger partial charge in [0.1, 0.15) is 0 Å². The van der Waals surface area contributed by atoms with Crippen LogP contribution in [0.25, 0.3) is 0 Å². The minimum absolute atomic E-state index is 0.102. The van der Waals surface area contributed by atoms with E-state index in [-0.39, 0.29) is 12.2 Å². The third-order valence-electron chi connectivity index (χ3n) is 2.72. The average molecular weight is 270 g/mol. The van der Waals surface area contributed by atoms with E-state index in [1.54, 1.807) is 12.2 Å². The Morgan fingerprint density at radius 1 is 0.842 bits per heavy atom. The van der Waals surface area contributed by atoms with Gasteiger partial charge in [-0.15, -0.1) is 13.2 Å². The lowest BCUT2D eigenvalue weighted by Crippen LogP contribution is -2.27. The number of rotatable bonds is 14. The third kappa shape index (κ3) is 10.9. The van der Waals surface area contributed by atoms with Crippen molar-refractivity contribution in [2.75, 3.05) is 26.4 Å². The second-order valence-electron chi connectivity index (χ2n) is 4.54. The van der Waals surface area contributed by atoms with Crippen molar-refractivity contribution in [3.05, 3.63) is 25.3 Å². The van der Waals surface area contributed by atoms with Crippen LogP contribution in [0.1, 0.15) is 39.5 Å². The highest BCUT2D eigenvalue weighted by Gasteiger charge is 2.12. The van der Waals surface area contributed by atoms with Crippen LogP contribution in [-0.4, -0.2) is 38.6 Å². The highest BCUT2D eigenvalue weighted by atomic mass is 16.6. The van der Waals surface area contributed by atoms with E-state index in [1.807, 2.05) is 0 Å². The Balaban J connectivity index is 3.82. The van der Waals surface area contributed by atoms with Crippen molar-refractivity contribution < 1.29 is 14.2 Å². The largest absolute Gasteiger partial charge is 0.378 e. The molecule has 0 aromatic carbocycles. The summed E-state index contributed by atoms with van der Waals surface area (Å²) < 4.78 is 16.9. The Kier molecular flexibility index (Phi) is 13.3. The molecule has 0 saturated heterocycles. The second-order valence-corrected chi connectivity index (χ2v) is 4.54. The van der Waals surface area contributed by atoms with Crippen molar-refractivity contribution in [3.63, 3.8) is 0 Å². The summed E-state index contributed by atoms with van der Waals surface area (Å²) in [5, 5.41) is 0. The van der Waals surface area contributed by atoms with Crippen molar-refractivity contribution in [2.24, 2.45) is 0 Å². The fourth-order valence-electron chi connectivity index (χ4n) is 1.44. The first kappa shape index (κ1) is 18.4. The molecule has 19 heavy (non-hydrogen) atoms. The van der Waals surface area contributed by atoms with Gasteiger partial charge in [0.2, 0.25) is 0 Å². The fourth-order valence-corrected chi connectivity index (χ4v) is 1.44. The molecule has 0 N–H and O–H groups in total. The van der Waals surface area contributed by atoms with E-state index in [0.717, 1.165) is 38.9 Å². The molecule has 0 saturated carbocycles. The number of unbranched alkanes of at least 4 members (excludes halogenated alkanes) is 2. The number of hydrogen-bond acceptors (Lipinski definition) is 3. The Morgan fingerprint density at radius 2 is 1.26 bits per heavy atom. The van der Waals surface area contributed by atoms with Crippen LogP contribution in [0.2, 0.25) is 0 Å². The minimum Gasteiger partial charge on any atom is -0.378 e. The lowest BCUT2D eigenvalue weighted by atomic mass is 10.3. The normalized spacial score (nSPS) is 14.0. The summed E-state index contributed by atoms with van der Waals surface area (Å²) in [6.07, 6.45) is 7.77. The van der Waals surface area contributed by atoms with Gasteiger partial charge in [-0.1, -0.05) is 38.8 Å². The SMILES string of the molecule is C=CC(COCCCC)OC(C=C)COCCCC. The first-order valence-corrected chi connectivity index (χ1v) is 7.34. The molecule has 3 nitrogen and oxygen atoms in total. The smallest absolute Gasteiger partial charge is 0.0995 e. The van der Waals surface area contributed by atoms with Crippen molar-refractivity contribution in [2.45, 2.75) is 51.7 Å².